The summed E-state index contributed by atoms with van der Waals surface area (Å²) in [5.41, 5.74) is 1.78. The SMILES string of the molecule is CN(C)c1ccc(C(C)(C#N)N2CCCC2)cc1. The summed E-state index contributed by atoms with van der Waals surface area (Å²) in [6.07, 6.45) is 2.40. The molecule has 1 heterocycles. The third-order valence-corrected chi connectivity index (χ3v) is 3.90. The maximum Gasteiger partial charge on any atom is 0.131 e. The van der Waals surface area contributed by atoms with Crippen LogP contribution in [0.1, 0.15) is 25.3 Å². The molecule has 18 heavy (non-hydrogen) atoms. The quantitative estimate of drug-likeness (QED) is 0.817. The van der Waals surface area contributed by atoms with E-state index in [1.54, 1.807) is 0 Å². The van der Waals surface area contributed by atoms with Crippen molar-refractivity contribution < 1.29 is 0 Å². The van der Waals surface area contributed by atoms with Crippen molar-refractivity contribution in [2.24, 2.45) is 0 Å². The molecule has 1 aromatic carbocycles. The first kappa shape index (κ1) is 12.9. The molecule has 0 bridgehead atoms. The van der Waals surface area contributed by atoms with Gasteiger partial charge in [-0.05, 0) is 50.6 Å². The van der Waals surface area contributed by atoms with Crippen LogP contribution >= 0.6 is 0 Å². The molecule has 1 aliphatic heterocycles. The highest BCUT2D eigenvalue weighted by Crippen LogP contribution is 2.31. The van der Waals surface area contributed by atoms with E-state index in [9.17, 15) is 5.26 Å². The second-order valence-electron chi connectivity index (χ2n) is 5.32. The molecule has 0 radical (unpaired) electrons. The summed E-state index contributed by atoms with van der Waals surface area (Å²) in [6, 6.07) is 10.8. The van der Waals surface area contributed by atoms with Crippen molar-refractivity contribution in [1.82, 2.24) is 4.90 Å². The van der Waals surface area contributed by atoms with E-state index in [2.05, 4.69) is 40.1 Å². The predicted octanol–water partition coefficient (Wildman–Crippen LogP) is 2.59. The molecule has 1 aromatic rings. The van der Waals surface area contributed by atoms with Gasteiger partial charge in [0.2, 0.25) is 0 Å². The van der Waals surface area contributed by atoms with Crippen molar-refractivity contribution >= 4 is 5.69 Å². The van der Waals surface area contributed by atoms with Gasteiger partial charge in [-0.15, -0.1) is 0 Å². The summed E-state index contributed by atoms with van der Waals surface area (Å²) in [5.74, 6) is 0. The molecule has 1 aliphatic rings. The number of rotatable bonds is 3. The van der Waals surface area contributed by atoms with E-state index in [1.165, 1.54) is 18.5 Å². The molecule has 3 nitrogen and oxygen atoms in total. The van der Waals surface area contributed by atoms with Crippen LogP contribution in [0.2, 0.25) is 0 Å². The molecule has 96 valence electrons. The Hall–Kier alpha value is -1.53. The predicted molar refractivity (Wildman–Crippen MR) is 74.5 cm³/mol. The van der Waals surface area contributed by atoms with E-state index in [0.717, 1.165) is 18.7 Å². The molecule has 3 heteroatoms. The van der Waals surface area contributed by atoms with Crippen LogP contribution in [0.5, 0.6) is 0 Å². The van der Waals surface area contributed by atoms with Gasteiger partial charge < -0.3 is 4.90 Å². The minimum Gasteiger partial charge on any atom is -0.378 e. The fraction of sp³-hybridized carbons (Fsp3) is 0.533. The summed E-state index contributed by atoms with van der Waals surface area (Å²) in [5, 5.41) is 9.58. The zero-order chi connectivity index (χ0) is 13.2. The smallest absolute Gasteiger partial charge is 0.131 e. The Bertz CT molecular complexity index is 438. The zero-order valence-electron chi connectivity index (χ0n) is 11.5. The van der Waals surface area contributed by atoms with Gasteiger partial charge in [-0.3, -0.25) is 4.90 Å². The number of benzene rings is 1. The molecule has 2 rings (SSSR count). The van der Waals surface area contributed by atoms with Crippen molar-refractivity contribution in [3.63, 3.8) is 0 Å². The highest BCUT2D eigenvalue weighted by molar-refractivity contribution is 5.48. The van der Waals surface area contributed by atoms with Crippen molar-refractivity contribution in [3.05, 3.63) is 29.8 Å². The molecule has 0 aromatic heterocycles. The van der Waals surface area contributed by atoms with Crippen LogP contribution in [-0.2, 0) is 5.54 Å². The maximum absolute atomic E-state index is 9.58. The van der Waals surface area contributed by atoms with Gasteiger partial charge in [0.25, 0.3) is 0 Å². The highest BCUT2D eigenvalue weighted by Gasteiger charge is 2.35. The van der Waals surface area contributed by atoms with Gasteiger partial charge in [-0.2, -0.15) is 5.26 Å². The van der Waals surface area contributed by atoms with Crippen LogP contribution in [-0.4, -0.2) is 32.1 Å². The molecule has 1 saturated heterocycles. The number of hydrogen-bond acceptors (Lipinski definition) is 3. The molecule has 1 unspecified atom stereocenters. The Balaban J connectivity index is 2.30. The first-order valence-electron chi connectivity index (χ1n) is 6.52. The van der Waals surface area contributed by atoms with E-state index >= 15 is 0 Å². The van der Waals surface area contributed by atoms with Crippen LogP contribution in [0.15, 0.2) is 24.3 Å². The van der Waals surface area contributed by atoms with E-state index < -0.39 is 5.54 Å². The number of anilines is 1. The van der Waals surface area contributed by atoms with Crippen LogP contribution in [0.25, 0.3) is 0 Å². The van der Waals surface area contributed by atoms with Crippen LogP contribution in [0.3, 0.4) is 0 Å². The fourth-order valence-corrected chi connectivity index (χ4v) is 2.57. The molecule has 0 aliphatic carbocycles. The van der Waals surface area contributed by atoms with Gasteiger partial charge in [0, 0.05) is 19.8 Å². The van der Waals surface area contributed by atoms with Crippen LogP contribution in [0, 0.1) is 11.3 Å². The van der Waals surface area contributed by atoms with E-state index in [0.29, 0.717) is 0 Å². The van der Waals surface area contributed by atoms with Crippen LogP contribution < -0.4 is 4.90 Å². The third-order valence-electron chi connectivity index (χ3n) is 3.90. The van der Waals surface area contributed by atoms with Gasteiger partial charge in [0.05, 0.1) is 6.07 Å². The average Bonchev–Trinajstić information content (AvgIpc) is 2.92. The van der Waals surface area contributed by atoms with Crippen molar-refractivity contribution in [3.8, 4) is 6.07 Å². The Morgan fingerprint density at radius 1 is 1.17 bits per heavy atom. The number of nitriles is 1. The van der Waals surface area contributed by atoms with Crippen molar-refractivity contribution in [2.75, 3.05) is 32.1 Å². The monoisotopic (exact) mass is 243 g/mol. The van der Waals surface area contributed by atoms with Gasteiger partial charge in [-0.25, -0.2) is 0 Å². The highest BCUT2D eigenvalue weighted by atomic mass is 15.2. The first-order valence-corrected chi connectivity index (χ1v) is 6.52. The normalized spacial score (nSPS) is 19.2. The molecule has 0 spiro atoms. The molecule has 0 amide bonds. The first-order chi connectivity index (χ1) is 8.58. The molecule has 0 saturated carbocycles. The standard InChI is InChI=1S/C15H21N3/c1-15(12-16,18-10-4-5-11-18)13-6-8-14(9-7-13)17(2)3/h6-9H,4-5,10-11H2,1-3H3. The van der Waals surface area contributed by atoms with E-state index in [4.69, 9.17) is 0 Å². The Labute approximate surface area is 110 Å². The largest absolute Gasteiger partial charge is 0.378 e. The number of hydrogen-bond donors (Lipinski definition) is 0. The zero-order valence-corrected chi connectivity index (χ0v) is 11.5. The second-order valence-corrected chi connectivity index (χ2v) is 5.32. The van der Waals surface area contributed by atoms with Gasteiger partial charge in [0.15, 0.2) is 0 Å². The average molecular weight is 243 g/mol. The van der Waals surface area contributed by atoms with Gasteiger partial charge >= 0.3 is 0 Å². The lowest BCUT2D eigenvalue weighted by atomic mass is 9.91. The van der Waals surface area contributed by atoms with E-state index in [-0.39, 0.29) is 0 Å². The lowest BCUT2D eigenvalue weighted by molar-refractivity contribution is 0.193. The minimum atomic E-state index is -0.485. The van der Waals surface area contributed by atoms with Crippen molar-refractivity contribution in [1.29, 1.82) is 5.26 Å². The van der Waals surface area contributed by atoms with E-state index in [1.807, 2.05) is 21.0 Å². The molecule has 1 fully saturated rings. The lowest BCUT2D eigenvalue weighted by Crippen LogP contribution is -2.40. The maximum atomic E-state index is 9.58. The minimum absolute atomic E-state index is 0.485. The van der Waals surface area contributed by atoms with Crippen molar-refractivity contribution in [2.45, 2.75) is 25.3 Å². The fourth-order valence-electron chi connectivity index (χ4n) is 2.57. The topological polar surface area (TPSA) is 30.3 Å². The molecule has 1 atom stereocenters. The Morgan fingerprint density at radius 3 is 2.17 bits per heavy atom. The van der Waals surface area contributed by atoms with Crippen LogP contribution in [0.4, 0.5) is 5.69 Å². The number of likely N-dealkylation sites (tertiary alicyclic amines) is 1. The van der Waals surface area contributed by atoms with Gasteiger partial charge in [0.1, 0.15) is 5.54 Å². The molecular formula is C15H21N3. The third kappa shape index (κ3) is 2.21. The second kappa shape index (κ2) is 4.99. The molecular weight excluding hydrogens is 222 g/mol. The summed E-state index contributed by atoms with van der Waals surface area (Å²) >= 11 is 0. The Morgan fingerprint density at radius 2 is 1.72 bits per heavy atom. The summed E-state index contributed by atoms with van der Waals surface area (Å²) < 4.78 is 0. The Kier molecular flexibility index (Phi) is 3.58. The summed E-state index contributed by atoms with van der Waals surface area (Å²) in [6.45, 7) is 4.09. The molecule has 0 N–H and O–H groups in total. The summed E-state index contributed by atoms with van der Waals surface area (Å²) in [4.78, 5) is 4.36. The van der Waals surface area contributed by atoms with Gasteiger partial charge in [-0.1, -0.05) is 12.1 Å². The summed E-state index contributed by atoms with van der Waals surface area (Å²) in [7, 11) is 4.05. The lowest BCUT2D eigenvalue weighted by Gasteiger charge is -2.33. The number of nitrogens with zero attached hydrogens (tertiary/aromatic N) is 3.